The first-order valence-corrected chi connectivity index (χ1v) is 9.89. The van der Waals surface area contributed by atoms with E-state index in [1.807, 2.05) is 25.1 Å². The van der Waals surface area contributed by atoms with E-state index in [4.69, 9.17) is 23.7 Å². The SMILES string of the molecule is CCOC(=O)COc1ccc([C@@H](C)NC(=O)NCc2ccc3c(c2)OCO3)cc1OC. The molecule has 0 aromatic heterocycles. The van der Waals surface area contributed by atoms with Crippen molar-refractivity contribution in [3.8, 4) is 23.0 Å². The molecule has 0 radical (unpaired) electrons. The highest BCUT2D eigenvalue weighted by atomic mass is 16.7. The van der Waals surface area contributed by atoms with Gasteiger partial charge in [0.05, 0.1) is 19.8 Å². The van der Waals surface area contributed by atoms with E-state index < -0.39 is 5.97 Å². The van der Waals surface area contributed by atoms with Crippen molar-refractivity contribution < 1.29 is 33.3 Å². The lowest BCUT2D eigenvalue weighted by Gasteiger charge is -2.17. The Morgan fingerprint density at radius 2 is 1.90 bits per heavy atom. The Morgan fingerprint density at radius 3 is 2.68 bits per heavy atom. The molecule has 2 aromatic carbocycles. The van der Waals surface area contributed by atoms with Crippen LogP contribution in [0.25, 0.3) is 0 Å². The van der Waals surface area contributed by atoms with Gasteiger partial charge in [-0.05, 0) is 49.2 Å². The van der Waals surface area contributed by atoms with Crippen molar-refractivity contribution in [2.75, 3.05) is 27.1 Å². The van der Waals surface area contributed by atoms with Crippen molar-refractivity contribution >= 4 is 12.0 Å². The van der Waals surface area contributed by atoms with Gasteiger partial charge in [0.15, 0.2) is 29.6 Å². The summed E-state index contributed by atoms with van der Waals surface area (Å²) in [4.78, 5) is 23.8. The zero-order chi connectivity index (χ0) is 22.2. The molecule has 0 unspecified atom stereocenters. The molecule has 0 aliphatic carbocycles. The quantitative estimate of drug-likeness (QED) is 0.590. The molecule has 2 amide bonds. The van der Waals surface area contributed by atoms with Crippen molar-refractivity contribution in [1.29, 1.82) is 0 Å². The average molecular weight is 430 g/mol. The zero-order valence-electron chi connectivity index (χ0n) is 17.7. The number of carbonyl (C=O) groups excluding carboxylic acids is 2. The number of benzene rings is 2. The largest absolute Gasteiger partial charge is 0.493 e. The van der Waals surface area contributed by atoms with E-state index in [2.05, 4.69) is 10.6 Å². The smallest absolute Gasteiger partial charge is 0.344 e. The highest BCUT2D eigenvalue weighted by molar-refractivity contribution is 5.74. The van der Waals surface area contributed by atoms with Crippen LogP contribution in [-0.2, 0) is 16.1 Å². The molecule has 3 rings (SSSR count). The molecular weight excluding hydrogens is 404 g/mol. The monoisotopic (exact) mass is 430 g/mol. The Bertz CT molecular complexity index is 932. The van der Waals surface area contributed by atoms with Crippen LogP contribution in [0.3, 0.4) is 0 Å². The first-order valence-electron chi connectivity index (χ1n) is 9.89. The zero-order valence-corrected chi connectivity index (χ0v) is 17.7. The van der Waals surface area contributed by atoms with Gasteiger partial charge >= 0.3 is 12.0 Å². The van der Waals surface area contributed by atoms with Crippen LogP contribution >= 0.6 is 0 Å². The molecule has 31 heavy (non-hydrogen) atoms. The minimum absolute atomic E-state index is 0.209. The Hall–Kier alpha value is -3.62. The van der Waals surface area contributed by atoms with Crippen LogP contribution in [-0.4, -0.2) is 39.1 Å². The van der Waals surface area contributed by atoms with Gasteiger partial charge in [0.2, 0.25) is 6.79 Å². The number of ether oxygens (including phenoxy) is 5. The van der Waals surface area contributed by atoms with Crippen LogP contribution in [0, 0.1) is 0 Å². The van der Waals surface area contributed by atoms with Gasteiger partial charge in [-0.3, -0.25) is 0 Å². The van der Waals surface area contributed by atoms with Crippen LogP contribution in [0.1, 0.15) is 31.0 Å². The lowest BCUT2D eigenvalue weighted by atomic mass is 10.1. The molecule has 1 aliphatic heterocycles. The predicted molar refractivity (Wildman–Crippen MR) is 111 cm³/mol. The second kappa shape index (κ2) is 10.4. The fourth-order valence-corrected chi connectivity index (χ4v) is 2.98. The van der Waals surface area contributed by atoms with Gasteiger partial charge < -0.3 is 34.3 Å². The van der Waals surface area contributed by atoms with E-state index in [0.717, 1.165) is 11.1 Å². The van der Waals surface area contributed by atoms with Gasteiger partial charge in [-0.25, -0.2) is 9.59 Å². The first-order chi connectivity index (χ1) is 15.0. The van der Waals surface area contributed by atoms with Crippen molar-refractivity contribution in [2.45, 2.75) is 26.4 Å². The third kappa shape index (κ3) is 5.94. The van der Waals surface area contributed by atoms with Crippen LogP contribution in [0.5, 0.6) is 23.0 Å². The minimum Gasteiger partial charge on any atom is -0.493 e. The number of urea groups is 1. The maximum Gasteiger partial charge on any atom is 0.344 e. The number of nitrogens with one attached hydrogen (secondary N) is 2. The Labute approximate surface area is 180 Å². The summed E-state index contributed by atoms with van der Waals surface area (Å²) in [7, 11) is 1.51. The van der Waals surface area contributed by atoms with E-state index in [0.29, 0.717) is 29.5 Å². The van der Waals surface area contributed by atoms with Gasteiger partial charge in [-0.1, -0.05) is 12.1 Å². The van der Waals surface area contributed by atoms with Crippen LogP contribution in [0.2, 0.25) is 0 Å². The molecule has 166 valence electrons. The fraction of sp³-hybridized carbons (Fsp3) is 0.364. The molecule has 1 heterocycles. The number of methoxy groups -OCH3 is 1. The molecule has 0 bridgehead atoms. The lowest BCUT2D eigenvalue weighted by Crippen LogP contribution is -2.36. The highest BCUT2D eigenvalue weighted by Gasteiger charge is 2.16. The van der Waals surface area contributed by atoms with E-state index in [1.54, 1.807) is 25.1 Å². The van der Waals surface area contributed by atoms with Crippen LogP contribution < -0.4 is 29.6 Å². The van der Waals surface area contributed by atoms with Crippen molar-refractivity contribution in [3.63, 3.8) is 0 Å². The molecule has 0 saturated carbocycles. The topological polar surface area (TPSA) is 104 Å². The summed E-state index contributed by atoms with van der Waals surface area (Å²) < 4.78 is 26.3. The highest BCUT2D eigenvalue weighted by Crippen LogP contribution is 2.32. The summed E-state index contributed by atoms with van der Waals surface area (Å²) in [5.74, 6) is 1.79. The molecule has 2 aromatic rings. The number of esters is 1. The van der Waals surface area contributed by atoms with E-state index in [9.17, 15) is 9.59 Å². The van der Waals surface area contributed by atoms with Crippen molar-refractivity contribution in [3.05, 3.63) is 47.5 Å². The molecule has 1 aliphatic rings. The van der Waals surface area contributed by atoms with E-state index >= 15 is 0 Å². The van der Waals surface area contributed by atoms with Gasteiger partial charge in [0.1, 0.15) is 0 Å². The number of hydrogen-bond acceptors (Lipinski definition) is 7. The molecule has 0 fully saturated rings. The van der Waals surface area contributed by atoms with Crippen molar-refractivity contribution in [1.82, 2.24) is 10.6 Å². The molecule has 9 nitrogen and oxygen atoms in total. The maximum absolute atomic E-state index is 12.3. The van der Waals surface area contributed by atoms with Gasteiger partial charge in [-0.15, -0.1) is 0 Å². The fourth-order valence-electron chi connectivity index (χ4n) is 2.98. The second-order valence-corrected chi connectivity index (χ2v) is 6.74. The average Bonchev–Trinajstić information content (AvgIpc) is 3.24. The van der Waals surface area contributed by atoms with Crippen LogP contribution in [0.15, 0.2) is 36.4 Å². The van der Waals surface area contributed by atoms with E-state index in [1.165, 1.54) is 7.11 Å². The van der Waals surface area contributed by atoms with Crippen molar-refractivity contribution in [2.24, 2.45) is 0 Å². The number of rotatable bonds is 9. The van der Waals surface area contributed by atoms with Gasteiger partial charge in [0.25, 0.3) is 0 Å². The second-order valence-electron chi connectivity index (χ2n) is 6.74. The summed E-state index contributed by atoms with van der Waals surface area (Å²) in [6, 6.07) is 10.2. The molecule has 2 N–H and O–H groups in total. The first kappa shape index (κ1) is 22.1. The molecule has 1 atom stereocenters. The number of amides is 2. The Kier molecular flexibility index (Phi) is 7.42. The molecule has 9 heteroatoms. The Morgan fingerprint density at radius 1 is 1.10 bits per heavy atom. The molecule has 0 saturated heterocycles. The number of fused-ring (bicyclic) bond motifs is 1. The molecular formula is C22H26N2O7. The third-order valence-electron chi connectivity index (χ3n) is 4.58. The molecule has 0 spiro atoms. The van der Waals surface area contributed by atoms with Crippen LogP contribution in [0.4, 0.5) is 4.79 Å². The number of carbonyl (C=O) groups is 2. The minimum atomic E-state index is -0.456. The van der Waals surface area contributed by atoms with E-state index in [-0.39, 0.29) is 32.1 Å². The summed E-state index contributed by atoms with van der Waals surface area (Å²) >= 11 is 0. The normalized spacial score (nSPS) is 12.6. The summed E-state index contributed by atoms with van der Waals surface area (Å²) in [6.45, 7) is 4.22. The summed E-state index contributed by atoms with van der Waals surface area (Å²) in [5.41, 5.74) is 1.72. The Balaban J connectivity index is 1.53. The summed E-state index contributed by atoms with van der Waals surface area (Å²) in [5, 5.41) is 5.70. The lowest BCUT2D eigenvalue weighted by molar-refractivity contribution is -0.145. The maximum atomic E-state index is 12.3. The third-order valence-corrected chi connectivity index (χ3v) is 4.58. The summed E-state index contributed by atoms with van der Waals surface area (Å²) in [6.07, 6.45) is 0. The van der Waals surface area contributed by atoms with Gasteiger partial charge in [-0.2, -0.15) is 0 Å². The number of hydrogen-bond donors (Lipinski definition) is 2. The standard InChI is InChI=1S/C22H26N2O7/c1-4-28-21(25)12-29-17-8-6-16(10-19(17)27-3)14(2)24-22(26)23-11-15-5-7-18-20(9-15)31-13-30-18/h5-10,14H,4,11-13H2,1-3H3,(H2,23,24,26)/t14-/m1/s1. The predicted octanol–water partition coefficient (Wildman–Crippen LogP) is 2.93. The van der Waals surface area contributed by atoms with Gasteiger partial charge in [0, 0.05) is 6.54 Å².